The van der Waals surface area contributed by atoms with E-state index in [4.69, 9.17) is 23.7 Å². The lowest BCUT2D eigenvalue weighted by Gasteiger charge is -2.18. The lowest BCUT2D eigenvalue weighted by molar-refractivity contribution is 0.0962. The van der Waals surface area contributed by atoms with Gasteiger partial charge < -0.3 is 34.3 Å². The molecule has 3 aliphatic rings. The van der Waals surface area contributed by atoms with Crippen molar-refractivity contribution < 1.29 is 28.5 Å². The number of fused-ring (bicyclic) bond motifs is 5. The minimum atomic E-state index is -0.134. The first kappa shape index (κ1) is 20.3. The molecular weight excluding hydrogens is 412 g/mol. The Labute approximate surface area is 185 Å². The van der Waals surface area contributed by atoms with E-state index in [1.807, 2.05) is 51.4 Å². The van der Waals surface area contributed by atoms with E-state index in [-0.39, 0.29) is 19.5 Å². The minimum absolute atomic E-state index is 0.134. The van der Waals surface area contributed by atoms with Crippen LogP contribution in [0.15, 0.2) is 30.3 Å². The third-order valence-electron chi connectivity index (χ3n) is 5.47. The van der Waals surface area contributed by atoms with Crippen LogP contribution >= 0.6 is 0 Å². The van der Waals surface area contributed by atoms with E-state index < -0.39 is 0 Å². The third kappa shape index (κ3) is 3.06. The molecule has 8 heteroatoms. The highest BCUT2D eigenvalue weighted by atomic mass is 16.7. The summed E-state index contributed by atoms with van der Waals surface area (Å²) in [6, 6.07) is 9.58. The van der Waals surface area contributed by atoms with Gasteiger partial charge in [-0.15, -0.1) is 0 Å². The largest absolute Gasteiger partial charge is 0.492 e. The summed E-state index contributed by atoms with van der Waals surface area (Å²) < 4.78 is 28.5. The lowest BCUT2D eigenvalue weighted by atomic mass is 9.89. The van der Waals surface area contributed by atoms with Gasteiger partial charge in [-0.2, -0.15) is 0 Å². The molecule has 3 aromatic carbocycles. The van der Waals surface area contributed by atoms with E-state index in [1.165, 1.54) is 0 Å². The van der Waals surface area contributed by atoms with Crippen molar-refractivity contribution in [3.05, 3.63) is 41.5 Å². The number of amides is 1. The average Bonchev–Trinajstić information content (AvgIpc) is 3.53. The summed E-state index contributed by atoms with van der Waals surface area (Å²) in [4.78, 5) is 12.7. The summed E-state index contributed by atoms with van der Waals surface area (Å²) in [5.41, 5.74) is 3.29. The summed E-state index contributed by atoms with van der Waals surface area (Å²) >= 11 is 0. The monoisotopic (exact) mass is 436 g/mol. The highest BCUT2D eigenvalue weighted by molar-refractivity contribution is 6.15. The van der Waals surface area contributed by atoms with Gasteiger partial charge in [0.05, 0.1) is 12.2 Å². The maximum Gasteiger partial charge on any atom is 0.255 e. The molecule has 8 nitrogen and oxygen atoms in total. The fourth-order valence-electron chi connectivity index (χ4n) is 4.30. The zero-order valence-electron chi connectivity index (χ0n) is 18.2. The molecule has 2 N–H and O–H groups in total. The number of carbonyl (C=O) groups is 1. The van der Waals surface area contributed by atoms with Crippen LogP contribution < -0.4 is 34.3 Å². The number of ether oxygens (including phenoxy) is 5. The molecule has 0 spiro atoms. The van der Waals surface area contributed by atoms with E-state index in [0.717, 1.165) is 27.5 Å². The van der Waals surface area contributed by atoms with Crippen molar-refractivity contribution in [2.24, 2.45) is 0 Å². The number of nitrogens with one attached hydrogen (secondary N) is 2. The van der Waals surface area contributed by atoms with E-state index in [2.05, 4.69) is 10.6 Å². The summed E-state index contributed by atoms with van der Waals surface area (Å²) in [6.07, 6.45) is 0. The molecule has 3 aromatic rings. The molecule has 3 heterocycles. The topological polar surface area (TPSA) is 87.3 Å². The van der Waals surface area contributed by atoms with Crippen LogP contribution in [-0.2, 0) is 6.54 Å². The second-order valence-electron chi connectivity index (χ2n) is 7.46. The number of rotatable bonds is 3. The van der Waals surface area contributed by atoms with Gasteiger partial charge in [-0.25, -0.2) is 0 Å². The van der Waals surface area contributed by atoms with E-state index in [0.29, 0.717) is 47.5 Å². The number of carbonyl (C=O) groups excluding carboxylic acids is 1. The Kier molecular flexibility index (Phi) is 5.14. The molecular formula is C24H24N2O6. The quantitative estimate of drug-likeness (QED) is 0.650. The first-order chi connectivity index (χ1) is 15.7. The van der Waals surface area contributed by atoms with Crippen LogP contribution in [0, 0.1) is 0 Å². The van der Waals surface area contributed by atoms with Crippen molar-refractivity contribution in [3.63, 3.8) is 0 Å². The zero-order chi connectivity index (χ0) is 22.2. The Hall–Kier alpha value is -3.65. The first-order valence-corrected chi connectivity index (χ1v) is 10.5. The van der Waals surface area contributed by atoms with Crippen LogP contribution in [0.1, 0.15) is 22.8 Å². The van der Waals surface area contributed by atoms with Crippen LogP contribution in [0.25, 0.3) is 21.9 Å². The molecule has 0 aromatic heterocycles. The number of hydrogen-bond donors (Lipinski definition) is 2. The zero-order valence-corrected chi connectivity index (χ0v) is 18.2. The van der Waals surface area contributed by atoms with Gasteiger partial charge in [0.2, 0.25) is 13.6 Å². The van der Waals surface area contributed by atoms with Crippen molar-refractivity contribution in [2.45, 2.75) is 13.5 Å². The summed E-state index contributed by atoms with van der Waals surface area (Å²) in [6.45, 7) is 3.13. The van der Waals surface area contributed by atoms with Crippen molar-refractivity contribution in [3.8, 4) is 39.9 Å². The summed E-state index contributed by atoms with van der Waals surface area (Å²) in [7, 11) is 3.75. The van der Waals surface area contributed by atoms with Gasteiger partial charge >= 0.3 is 0 Å². The Bertz CT molecular complexity index is 1220. The summed E-state index contributed by atoms with van der Waals surface area (Å²) in [5, 5.41) is 7.38. The van der Waals surface area contributed by atoms with Gasteiger partial charge in [-0.05, 0) is 62.0 Å². The van der Waals surface area contributed by atoms with Gasteiger partial charge in [0.25, 0.3) is 5.91 Å². The van der Waals surface area contributed by atoms with Crippen molar-refractivity contribution in [1.82, 2.24) is 10.6 Å². The van der Waals surface area contributed by atoms with Crippen LogP contribution in [-0.4, -0.2) is 40.2 Å². The molecule has 3 aliphatic heterocycles. The Morgan fingerprint density at radius 1 is 0.969 bits per heavy atom. The molecule has 0 aliphatic carbocycles. The number of hydrogen-bond acceptors (Lipinski definition) is 7. The Morgan fingerprint density at radius 2 is 1.69 bits per heavy atom. The van der Waals surface area contributed by atoms with Crippen molar-refractivity contribution >= 4 is 16.7 Å². The molecule has 0 saturated carbocycles. The van der Waals surface area contributed by atoms with E-state index in [1.54, 1.807) is 0 Å². The normalized spacial score (nSPS) is 14.7. The third-order valence-corrected chi connectivity index (χ3v) is 5.47. The maximum absolute atomic E-state index is 12.7. The standard InChI is InChI=1S/C22H17NO6.C2H7N/c1-2-25-20-12-4-6-15-21(29-10-27-15)18(12)17(13-8-23-22(24)19(13)20)11-3-5-14-16(7-11)28-9-26-14;1-3-2/h3-7H,2,8-10H2,1H3,(H,23,24);3H,1-2H3. The van der Waals surface area contributed by atoms with Crippen LogP contribution in [0.3, 0.4) is 0 Å². The van der Waals surface area contributed by atoms with Gasteiger partial charge in [0.15, 0.2) is 23.0 Å². The van der Waals surface area contributed by atoms with E-state index in [9.17, 15) is 4.79 Å². The molecule has 0 saturated heterocycles. The fourth-order valence-corrected chi connectivity index (χ4v) is 4.30. The summed E-state index contributed by atoms with van der Waals surface area (Å²) in [5.74, 6) is 3.18. The SMILES string of the molecule is CCOc1c2c(c(-c3ccc4c(c3)OCO4)c3c4c(ccc13)OCO4)CNC2=O.CNC. The fraction of sp³-hybridized carbons (Fsp3) is 0.292. The first-order valence-electron chi connectivity index (χ1n) is 10.5. The number of benzene rings is 3. The van der Waals surface area contributed by atoms with Gasteiger partial charge in [0.1, 0.15) is 5.75 Å². The molecule has 0 radical (unpaired) electrons. The maximum atomic E-state index is 12.7. The van der Waals surface area contributed by atoms with Crippen LogP contribution in [0.5, 0.6) is 28.7 Å². The molecule has 6 rings (SSSR count). The van der Waals surface area contributed by atoms with Gasteiger partial charge in [-0.3, -0.25) is 4.79 Å². The minimum Gasteiger partial charge on any atom is -0.492 e. The predicted octanol–water partition coefficient (Wildman–Crippen LogP) is 3.44. The van der Waals surface area contributed by atoms with Gasteiger partial charge in [0, 0.05) is 17.3 Å². The highest BCUT2D eigenvalue weighted by Gasteiger charge is 2.33. The van der Waals surface area contributed by atoms with Gasteiger partial charge in [-0.1, -0.05) is 6.07 Å². The second-order valence-corrected chi connectivity index (χ2v) is 7.46. The average molecular weight is 436 g/mol. The molecule has 1 amide bonds. The molecule has 0 unspecified atom stereocenters. The van der Waals surface area contributed by atoms with Crippen LogP contribution in [0.2, 0.25) is 0 Å². The second kappa shape index (κ2) is 8.12. The molecule has 166 valence electrons. The molecule has 32 heavy (non-hydrogen) atoms. The Morgan fingerprint density at radius 3 is 2.50 bits per heavy atom. The molecule has 0 atom stereocenters. The molecule has 0 fully saturated rings. The van der Waals surface area contributed by atoms with Crippen LogP contribution in [0.4, 0.5) is 0 Å². The van der Waals surface area contributed by atoms with E-state index >= 15 is 0 Å². The Balaban J connectivity index is 0.000000684. The smallest absolute Gasteiger partial charge is 0.255 e. The van der Waals surface area contributed by atoms with Crippen molar-refractivity contribution in [1.29, 1.82) is 0 Å². The lowest BCUT2D eigenvalue weighted by Crippen LogP contribution is -2.13. The van der Waals surface area contributed by atoms with Crippen molar-refractivity contribution in [2.75, 3.05) is 34.3 Å². The molecule has 0 bridgehead atoms. The predicted molar refractivity (Wildman–Crippen MR) is 119 cm³/mol. The highest BCUT2D eigenvalue weighted by Crippen LogP contribution is 2.51.